The Morgan fingerprint density at radius 1 is 1.50 bits per heavy atom. The zero-order valence-electron chi connectivity index (χ0n) is 8.49. The van der Waals surface area contributed by atoms with Gasteiger partial charge in [0.05, 0.1) is 5.51 Å². The molecule has 5 heteroatoms. The van der Waals surface area contributed by atoms with Gasteiger partial charge < -0.3 is 5.32 Å². The Bertz CT molecular complexity index is 557. The van der Waals surface area contributed by atoms with E-state index in [1.165, 1.54) is 11.3 Å². The maximum atomic E-state index is 8.86. The van der Waals surface area contributed by atoms with Crippen molar-refractivity contribution in [1.82, 2.24) is 4.98 Å². The van der Waals surface area contributed by atoms with Gasteiger partial charge in [-0.2, -0.15) is 5.26 Å². The van der Waals surface area contributed by atoms with E-state index in [0.29, 0.717) is 10.7 Å². The minimum absolute atomic E-state index is 0.598. The second-order valence-corrected chi connectivity index (χ2v) is 4.94. The molecule has 3 nitrogen and oxygen atoms in total. The number of thiazole rings is 1. The summed E-state index contributed by atoms with van der Waals surface area (Å²) in [6.45, 7) is 2.02. The third-order valence-electron chi connectivity index (χ3n) is 2.09. The predicted molar refractivity (Wildman–Crippen MR) is 69.0 cm³/mol. The third-order valence-corrected chi connectivity index (χ3v) is 3.71. The van der Waals surface area contributed by atoms with Gasteiger partial charge in [-0.05, 0) is 30.7 Å². The number of rotatable bonds is 2. The van der Waals surface area contributed by atoms with Crippen molar-refractivity contribution in [3.63, 3.8) is 0 Å². The molecule has 0 bridgehead atoms. The molecule has 0 aliphatic heterocycles. The van der Waals surface area contributed by atoms with Crippen LogP contribution < -0.4 is 5.32 Å². The fraction of sp³-hybridized carbons (Fsp3) is 0.0909. The molecule has 1 heterocycles. The summed E-state index contributed by atoms with van der Waals surface area (Å²) in [5.41, 5.74) is 3.73. The fourth-order valence-electron chi connectivity index (χ4n) is 1.27. The lowest BCUT2D eigenvalue weighted by molar-refractivity contribution is 1.35. The molecule has 0 radical (unpaired) electrons. The number of benzene rings is 1. The van der Waals surface area contributed by atoms with Gasteiger partial charge >= 0.3 is 0 Å². The molecule has 2 rings (SSSR count). The average Bonchev–Trinajstić information content (AvgIpc) is 2.71. The van der Waals surface area contributed by atoms with Crippen LogP contribution in [0.2, 0.25) is 0 Å². The van der Waals surface area contributed by atoms with Crippen LogP contribution in [-0.2, 0) is 0 Å². The van der Waals surface area contributed by atoms with Crippen molar-refractivity contribution >= 4 is 38.8 Å². The molecule has 80 valence electrons. The van der Waals surface area contributed by atoms with Gasteiger partial charge in [0.1, 0.15) is 10.9 Å². The summed E-state index contributed by atoms with van der Waals surface area (Å²) in [5.74, 6) is 0.620. The molecule has 0 spiro atoms. The van der Waals surface area contributed by atoms with Gasteiger partial charge in [-0.1, -0.05) is 15.9 Å². The van der Waals surface area contributed by atoms with Crippen LogP contribution in [0.3, 0.4) is 0 Å². The second-order valence-electron chi connectivity index (χ2n) is 3.23. The van der Waals surface area contributed by atoms with Crippen LogP contribution >= 0.6 is 27.3 Å². The van der Waals surface area contributed by atoms with Crippen molar-refractivity contribution in [3.8, 4) is 6.07 Å². The van der Waals surface area contributed by atoms with E-state index < -0.39 is 0 Å². The molecule has 0 fully saturated rings. The number of nitrogens with zero attached hydrogens (tertiary/aromatic N) is 2. The van der Waals surface area contributed by atoms with Crippen molar-refractivity contribution < 1.29 is 0 Å². The summed E-state index contributed by atoms with van der Waals surface area (Å²) >= 11 is 4.77. The van der Waals surface area contributed by atoms with Crippen LogP contribution in [0.1, 0.15) is 10.4 Å². The van der Waals surface area contributed by atoms with E-state index in [2.05, 4.69) is 32.3 Å². The van der Waals surface area contributed by atoms with E-state index in [1.54, 1.807) is 5.51 Å². The molecule has 0 atom stereocenters. The molecular formula is C11H8BrN3S. The molecule has 2 aromatic rings. The minimum Gasteiger partial charge on any atom is -0.338 e. The van der Waals surface area contributed by atoms with Crippen LogP contribution in [0.5, 0.6) is 0 Å². The van der Waals surface area contributed by atoms with Gasteiger partial charge in [-0.3, -0.25) is 0 Å². The molecule has 0 aliphatic rings. The molecule has 1 aromatic heterocycles. The second kappa shape index (κ2) is 4.64. The van der Waals surface area contributed by atoms with Gasteiger partial charge in [0.15, 0.2) is 5.82 Å². The van der Waals surface area contributed by atoms with Crippen LogP contribution in [-0.4, -0.2) is 4.98 Å². The lowest BCUT2D eigenvalue weighted by atomic mass is 10.2. The Hall–Kier alpha value is -1.38. The van der Waals surface area contributed by atoms with E-state index in [1.807, 2.05) is 25.1 Å². The minimum atomic E-state index is 0.598. The van der Waals surface area contributed by atoms with Crippen LogP contribution in [0, 0.1) is 18.3 Å². The number of nitrogens with one attached hydrogen (secondary N) is 1. The smallest absolute Gasteiger partial charge is 0.159 e. The number of aromatic nitrogens is 1. The SMILES string of the molecule is Cc1cc(Nc2ncsc2C#N)ccc1Br. The predicted octanol–water partition coefficient (Wildman–Crippen LogP) is 3.83. The van der Waals surface area contributed by atoms with Gasteiger partial charge in [0, 0.05) is 10.2 Å². The summed E-state index contributed by atoms with van der Waals surface area (Å²) in [7, 11) is 0. The third kappa shape index (κ3) is 2.23. The first-order chi connectivity index (χ1) is 7.70. The van der Waals surface area contributed by atoms with E-state index in [0.717, 1.165) is 15.7 Å². The standard InChI is InChI=1S/C11H8BrN3S/c1-7-4-8(2-3-9(7)12)15-11-10(5-13)16-6-14-11/h2-4,6,15H,1H3. The Labute approximate surface area is 106 Å². The van der Waals surface area contributed by atoms with Crippen molar-refractivity contribution in [3.05, 3.63) is 38.6 Å². The highest BCUT2D eigenvalue weighted by atomic mass is 79.9. The largest absolute Gasteiger partial charge is 0.338 e. The summed E-state index contributed by atoms with van der Waals surface area (Å²) in [5, 5.41) is 12.0. The molecule has 0 saturated heterocycles. The molecule has 1 aromatic carbocycles. The van der Waals surface area contributed by atoms with E-state index in [9.17, 15) is 0 Å². The Morgan fingerprint density at radius 3 is 3.00 bits per heavy atom. The monoisotopic (exact) mass is 293 g/mol. The maximum absolute atomic E-state index is 8.86. The topological polar surface area (TPSA) is 48.7 Å². The van der Waals surface area contributed by atoms with E-state index in [4.69, 9.17) is 5.26 Å². The molecule has 0 saturated carbocycles. The number of anilines is 2. The fourth-order valence-corrected chi connectivity index (χ4v) is 2.05. The van der Waals surface area contributed by atoms with Crippen molar-refractivity contribution in [1.29, 1.82) is 5.26 Å². The summed E-state index contributed by atoms with van der Waals surface area (Å²) in [6, 6.07) is 8.02. The first-order valence-corrected chi connectivity index (χ1v) is 6.24. The first-order valence-electron chi connectivity index (χ1n) is 4.57. The van der Waals surface area contributed by atoms with Crippen molar-refractivity contribution in [2.45, 2.75) is 6.92 Å². The highest BCUT2D eigenvalue weighted by molar-refractivity contribution is 9.10. The van der Waals surface area contributed by atoms with Gasteiger partial charge in [0.2, 0.25) is 0 Å². The average molecular weight is 294 g/mol. The van der Waals surface area contributed by atoms with Gasteiger partial charge in [0.25, 0.3) is 0 Å². The first kappa shape index (κ1) is 11.1. The summed E-state index contributed by atoms with van der Waals surface area (Å²) in [4.78, 5) is 4.71. The quantitative estimate of drug-likeness (QED) is 0.915. The molecule has 0 unspecified atom stereocenters. The van der Waals surface area contributed by atoms with Crippen LogP contribution in [0.25, 0.3) is 0 Å². The number of hydrogen-bond acceptors (Lipinski definition) is 4. The Morgan fingerprint density at radius 2 is 2.31 bits per heavy atom. The highest BCUT2D eigenvalue weighted by Gasteiger charge is 2.05. The number of nitriles is 1. The number of aryl methyl sites for hydroxylation is 1. The molecular weight excluding hydrogens is 286 g/mol. The Kier molecular flexibility index (Phi) is 3.22. The molecule has 16 heavy (non-hydrogen) atoms. The highest BCUT2D eigenvalue weighted by Crippen LogP contribution is 2.25. The Balaban J connectivity index is 2.28. The lowest BCUT2D eigenvalue weighted by Crippen LogP contribution is -1.92. The summed E-state index contributed by atoms with van der Waals surface area (Å²) < 4.78 is 1.07. The van der Waals surface area contributed by atoms with E-state index >= 15 is 0 Å². The normalized spacial score (nSPS) is 9.81. The number of hydrogen-bond donors (Lipinski definition) is 1. The van der Waals surface area contributed by atoms with Crippen LogP contribution in [0.4, 0.5) is 11.5 Å². The molecule has 1 N–H and O–H groups in total. The molecule has 0 amide bonds. The zero-order chi connectivity index (χ0) is 11.5. The maximum Gasteiger partial charge on any atom is 0.159 e. The zero-order valence-corrected chi connectivity index (χ0v) is 10.9. The van der Waals surface area contributed by atoms with Crippen molar-refractivity contribution in [2.75, 3.05) is 5.32 Å². The summed E-state index contributed by atoms with van der Waals surface area (Å²) in [6.07, 6.45) is 0. The van der Waals surface area contributed by atoms with Gasteiger partial charge in [-0.15, -0.1) is 11.3 Å². The van der Waals surface area contributed by atoms with Gasteiger partial charge in [-0.25, -0.2) is 4.98 Å². The van der Waals surface area contributed by atoms with Crippen molar-refractivity contribution in [2.24, 2.45) is 0 Å². The van der Waals surface area contributed by atoms with Crippen LogP contribution in [0.15, 0.2) is 28.2 Å². The number of halogens is 1. The lowest BCUT2D eigenvalue weighted by Gasteiger charge is -2.05. The molecule has 0 aliphatic carbocycles. The van der Waals surface area contributed by atoms with E-state index in [-0.39, 0.29) is 0 Å².